The first-order valence-electron chi connectivity index (χ1n) is 11.4. The fourth-order valence-electron chi connectivity index (χ4n) is 3.92. The number of hydrogen-bond acceptors (Lipinski definition) is 8. The van der Waals surface area contributed by atoms with E-state index in [1.807, 2.05) is 0 Å². The summed E-state index contributed by atoms with van der Waals surface area (Å²) in [7, 11) is 2.47. The van der Waals surface area contributed by atoms with Crippen molar-refractivity contribution in [3.8, 4) is 22.6 Å². The van der Waals surface area contributed by atoms with Crippen molar-refractivity contribution in [3.63, 3.8) is 0 Å². The molecule has 0 saturated carbocycles. The van der Waals surface area contributed by atoms with E-state index in [1.54, 1.807) is 0 Å². The highest BCUT2D eigenvalue weighted by Gasteiger charge is 2.37. The molecule has 0 aliphatic carbocycles. The number of amides is 1. The zero-order valence-corrected chi connectivity index (χ0v) is 22.3. The van der Waals surface area contributed by atoms with Gasteiger partial charge in [0.05, 0.1) is 30.3 Å². The minimum absolute atomic E-state index is 0.0350. The molecule has 2 heterocycles. The summed E-state index contributed by atoms with van der Waals surface area (Å²) in [5.74, 6) is 0.0221. The summed E-state index contributed by atoms with van der Waals surface area (Å²) in [6.07, 6.45) is -7.70. The quantitative estimate of drug-likeness (QED) is 0.198. The number of aromatic amines is 1. The van der Waals surface area contributed by atoms with Crippen LogP contribution in [0.1, 0.15) is 28.9 Å². The predicted molar refractivity (Wildman–Crippen MR) is 137 cm³/mol. The maximum atomic E-state index is 13.5. The molecular formula is C24H19F6N5O3S2. The molecule has 0 radical (unpaired) electrons. The van der Waals surface area contributed by atoms with Crippen LogP contribution in [-0.2, 0) is 23.6 Å². The van der Waals surface area contributed by atoms with Crippen molar-refractivity contribution in [1.82, 2.24) is 25.5 Å². The molecule has 0 bridgehead atoms. The van der Waals surface area contributed by atoms with Gasteiger partial charge in [-0.2, -0.15) is 31.6 Å². The van der Waals surface area contributed by atoms with Crippen molar-refractivity contribution < 1.29 is 40.6 Å². The van der Waals surface area contributed by atoms with Gasteiger partial charge in [-0.15, -0.1) is 10.2 Å². The van der Waals surface area contributed by atoms with Crippen molar-refractivity contribution in [1.29, 1.82) is 0 Å². The number of ether oxygens (including phenoxy) is 2. The molecule has 1 aliphatic heterocycles. The van der Waals surface area contributed by atoms with Crippen LogP contribution in [0, 0.1) is 0 Å². The van der Waals surface area contributed by atoms with E-state index in [9.17, 15) is 31.1 Å². The Kier molecular flexibility index (Phi) is 8.39. The Morgan fingerprint density at radius 1 is 1.02 bits per heavy atom. The number of nitrogens with zero attached hydrogens (tertiary/aromatic N) is 4. The third kappa shape index (κ3) is 6.38. The van der Waals surface area contributed by atoms with Gasteiger partial charge in [0, 0.05) is 18.5 Å². The van der Waals surface area contributed by atoms with Crippen LogP contribution in [0.4, 0.5) is 26.3 Å². The lowest BCUT2D eigenvalue weighted by Gasteiger charge is -2.18. The van der Waals surface area contributed by atoms with Gasteiger partial charge in [0.15, 0.2) is 17.3 Å². The number of nitrogens with one attached hydrogen (secondary N) is 1. The Balaban J connectivity index is 1.73. The normalized spacial score (nSPS) is 15.3. The van der Waals surface area contributed by atoms with Crippen LogP contribution in [0.25, 0.3) is 17.2 Å². The van der Waals surface area contributed by atoms with E-state index in [0.29, 0.717) is 30.8 Å². The maximum absolute atomic E-state index is 13.5. The van der Waals surface area contributed by atoms with Gasteiger partial charge < -0.3 is 9.47 Å². The molecule has 1 aromatic heterocycles. The van der Waals surface area contributed by atoms with Crippen LogP contribution in [0.2, 0.25) is 0 Å². The second-order valence-electron chi connectivity index (χ2n) is 8.36. The number of methoxy groups -OCH3 is 2. The molecule has 16 heteroatoms. The Morgan fingerprint density at radius 3 is 2.25 bits per heavy atom. The standard InChI is InChI=1S/C24H19F6N5O3S2/c1-37-17-7-12(8-18-21(36)35(22(39)40-18)5-3-4-19-31-33-34-32-19)6-16(20(17)38-2)13-9-14(23(25,26)27)11-15(10-13)24(28,29)30/h6-11H,3-5H2,1-2H3,(H,31,32,33,34). The number of rotatable bonds is 8. The Labute approximate surface area is 232 Å². The van der Waals surface area contributed by atoms with E-state index >= 15 is 0 Å². The molecule has 40 heavy (non-hydrogen) atoms. The van der Waals surface area contributed by atoms with Gasteiger partial charge in [0.1, 0.15) is 4.32 Å². The number of alkyl halides is 6. The van der Waals surface area contributed by atoms with E-state index in [-0.39, 0.29) is 44.5 Å². The highest BCUT2D eigenvalue weighted by Crippen LogP contribution is 2.44. The fraction of sp³-hybridized carbons (Fsp3) is 0.292. The molecule has 0 spiro atoms. The summed E-state index contributed by atoms with van der Waals surface area (Å²) >= 11 is 6.34. The number of thioether (sulfide) groups is 1. The van der Waals surface area contributed by atoms with E-state index in [2.05, 4.69) is 20.6 Å². The number of thiocarbonyl (C=S) groups is 1. The lowest BCUT2D eigenvalue weighted by molar-refractivity contribution is -0.143. The zero-order valence-electron chi connectivity index (χ0n) is 20.7. The third-order valence-electron chi connectivity index (χ3n) is 5.74. The highest BCUT2D eigenvalue weighted by atomic mass is 32.2. The Morgan fingerprint density at radius 2 is 1.70 bits per heavy atom. The second kappa shape index (κ2) is 11.4. The largest absolute Gasteiger partial charge is 0.493 e. The molecule has 2 aromatic carbocycles. The average molecular weight is 604 g/mol. The number of aryl methyl sites for hydroxylation is 1. The molecule has 1 amide bonds. The summed E-state index contributed by atoms with van der Waals surface area (Å²) < 4.78 is 92.0. The van der Waals surface area contributed by atoms with Crippen molar-refractivity contribution in [2.75, 3.05) is 20.8 Å². The Bertz CT molecular complexity index is 1430. The SMILES string of the molecule is COc1cc(C=C2SC(=S)N(CCCc3nn[nH]n3)C2=O)cc(-c2cc(C(F)(F)F)cc(C(F)(F)F)c2)c1OC. The van der Waals surface area contributed by atoms with Crippen LogP contribution < -0.4 is 9.47 Å². The molecule has 3 aromatic rings. The van der Waals surface area contributed by atoms with Gasteiger partial charge in [0.25, 0.3) is 5.91 Å². The number of aromatic nitrogens is 4. The number of carbonyl (C=O) groups is 1. The molecule has 1 aliphatic rings. The molecule has 4 rings (SSSR count). The minimum Gasteiger partial charge on any atom is -0.493 e. The van der Waals surface area contributed by atoms with Gasteiger partial charge in [-0.05, 0) is 54.0 Å². The molecule has 1 fully saturated rings. The van der Waals surface area contributed by atoms with Crippen LogP contribution in [-0.4, -0.2) is 56.5 Å². The highest BCUT2D eigenvalue weighted by molar-refractivity contribution is 8.26. The number of benzene rings is 2. The average Bonchev–Trinajstić information content (AvgIpc) is 3.50. The first-order chi connectivity index (χ1) is 18.8. The maximum Gasteiger partial charge on any atom is 0.416 e. The Hall–Kier alpha value is -3.66. The third-order valence-corrected chi connectivity index (χ3v) is 7.12. The van der Waals surface area contributed by atoms with Crippen LogP contribution in [0.15, 0.2) is 35.2 Å². The van der Waals surface area contributed by atoms with E-state index in [4.69, 9.17) is 21.7 Å². The monoisotopic (exact) mass is 603 g/mol. The second-order valence-corrected chi connectivity index (χ2v) is 10.0. The minimum atomic E-state index is -5.04. The molecule has 0 atom stereocenters. The number of carbonyl (C=O) groups excluding carboxylic acids is 1. The molecule has 1 saturated heterocycles. The van der Waals surface area contributed by atoms with Gasteiger partial charge in [0.2, 0.25) is 0 Å². The number of hydrogen-bond donors (Lipinski definition) is 1. The van der Waals surface area contributed by atoms with Gasteiger partial charge in [-0.25, -0.2) is 0 Å². The first-order valence-corrected chi connectivity index (χ1v) is 12.6. The van der Waals surface area contributed by atoms with Crippen molar-refractivity contribution in [2.45, 2.75) is 25.2 Å². The molecular weight excluding hydrogens is 584 g/mol. The van der Waals surface area contributed by atoms with Gasteiger partial charge >= 0.3 is 12.4 Å². The van der Waals surface area contributed by atoms with E-state index in [1.165, 1.54) is 37.3 Å². The predicted octanol–water partition coefficient (Wildman–Crippen LogP) is 5.76. The van der Waals surface area contributed by atoms with Crippen molar-refractivity contribution in [2.24, 2.45) is 0 Å². The molecule has 8 nitrogen and oxygen atoms in total. The summed E-state index contributed by atoms with van der Waals surface area (Å²) in [4.78, 5) is 14.6. The van der Waals surface area contributed by atoms with E-state index < -0.39 is 35.0 Å². The lowest BCUT2D eigenvalue weighted by atomic mass is 9.96. The summed E-state index contributed by atoms with van der Waals surface area (Å²) in [5, 5.41) is 13.5. The van der Waals surface area contributed by atoms with Gasteiger partial charge in [-0.1, -0.05) is 29.2 Å². The molecule has 0 unspecified atom stereocenters. The number of H-pyrrole nitrogens is 1. The van der Waals surface area contributed by atoms with Crippen molar-refractivity contribution in [3.05, 3.63) is 57.8 Å². The van der Waals surface area contributed by atoms with Crippen molar-refractivity contribution >= 4 is 40.3 Å². The van der Waals surface area contributed by atoms with E-state index in [0.717, 1.165) is 11.8 Å². The van der Waals surface area contributed by atoms with Crippen LogP contribution in [0.5, 0.6) is 11.5 Å². The zero-order chi connectivity index (χ0) is 29.2. The molecule has 212 valence electrons. The van der Waals surface area contributed by atoms with Crippen LogP contribution in [0.3, 0.4) is 0 Å². The first kappa shape index (κ1) is 29.3. The summed E-state index contributed by atoms with van der Waals surface area (Å²) in [6.45, 7) is 0.276. The lowest BCUT2D eigenvalue weighted by Crippen LogP contribution is -2.29. The van der Waals surface area contributed by atoms with Crippen LogP contribution >= 0.6 is 24.0 Å². The van der Waals surface area contributed by atoms with Gasteiger partial charge in [-0.3, -0.25) is 9.69 Å². The molecule has 1 N–H and O–H groups in total. The topological polar surface area (TPSA) is 93.2 Å². The summed E-state index contributed by atoms with van der Waals surface area (Å²) in [5.41, 5.74) is -3.19. The number of halogens is 6. The summed E-state index contributed by atoms with van der Waals surface area (Å²) in [6, 6.07) is 4.00. The smallest absolute Gasteiger partial charge is 0.416 e. The fourth-order valence-corrected chi connectivity index (χ4v) is 5.23. The number of tetrazole rings is 1.